The quantitative estimate of drug-likeness (QED) is 0.588. The molecule has 3 heterocycles. The van der Waals surface area contributed by atoms with Gasteiger partial charge in [-0.05, 0) is 44.2 Å². The molecule has 0 radical (unpaired) electrons. The molecule has 7 nitrogen and oxygen atoms in total. The molecular formula is C23H26N4O3. The molecule has 2 aromatic heterocycles. The standard InChI is InChI=1S/C23H26N4O3/c1-2-30-22(29)23(10-9-18-7-4-3-5-8-18)11-15-26(16-12-23)21(28)19-17-20-24-13-6-14-27(20)25-19/h3-8,13-14,17H,2,9-12,15-16H2,1H3. The van der Waals surface area contributed by atoms with Crippen LogP contribution in [0.1, 0.15) is 42.2 Å². The molecule has 7 heteroatoms. The summed E-state index contributed by atoms with van der Waals surface area (Å²) in [6.45, 7) is 3.21. The van der Waals surface area contributed by atoms with Gasteiger partial charge in [0.2, 0.25) is 0 Å². The summed E-state index contributed by atoms with van der Waals surface area (Å²) in [6, 6.07) is 13.6. The number of aromatic nitrogens is 3. The van der Waals surface area contributed by atoms with Crippen molar-refractivity contribution in [1.29, 1.82) is 0 Å². The van der Waals surface area contributed by atoms with E-state index >= 15 is 0 Å². The maximum Gasteiger partial charge on any atom is 0.312 e. The molecule has 3 aromatic rings. The van der Waals surface area contributed by atoms with E-state index in [1.165, 1.54) is 5.56 Å². The molecule has 0 bridgehead atoms. The van der Waals surface area contributed by atoms with Crippen molar-refractivity contribution in [3.05, 3.63) is 66.1 Å². The third-order valence-electron chi connectivity index (χ3n) is 5.91. The summed E-state index contributed by atoms with van der Waals surface area (Å²) in [5.74, 6) is -0.272. The second-order valence-electron chi connectivity index (χ2n) is 7.73. The second kappa shape index (κ2) is 8.65. The normalized spacial score (nSPS) is 15.8. The molecule has 1 aromatic carbocycles. The van der Waals surface area contributed by atoms with Crippen LogP contribution in [-0.4, -0.2) is 51.1 Å². The van der Waals surface area contributed by atoms with Gasteiger partial charge in [-0.15, -0.1) is 0 Å². The van der Waals surface area contributed by atoms with E-state index in [4.69, 9.17) is 4.74 Å². The Bertz CT molecular complexity index is 990. The molecular weight excluding hydrogens is 380 g/mol. The fourth-order valence-electron chi connectivity index (χ4n) is 4.10. The molecule has 156 valence electrons. The van der Waals surface area contributed by atoms with Gasteiger partial charge in [0.05, 0.1) is 12.0 Å². The Morgan fingerprint density at radius 3 is 2.60 bits per heavy atom. The monoisotopic (exact) mass is 406 g/mol. The molecule has 0 saturated carbocycles. The number of nitrogens with zero attached hydrogens (tertiary/aromatic N) is 4. The van der Waals surface area contributed by atoms with Crippen LogP contribution in [0.5, 0.6) is 0 Å². The van der Waals surface area contributed by atoms with Crippen LogP contribution < -0.4 is 0 Å². The van der Waals surface area contributed by atoms with Crippen LogP contribution in [0.25, 0.3) is 5.65 Å². The maximum absolute atomic E-state index is 13.0. The first-order valence-corrected chi connectivity index (χ1v) is 10.4. The van der Waals surface area contributed by atoms with Crippen LogP contribution in [0, 0.1) is 5.41 Å². The highest BCUT2D eigenvalue weighted by atomic mass is 16.5. The summed E-state index contributed by atoms with van der Waals surface area (Å²) >= 11 is 0. The van der Waals surface area contributed by atoms with E-state index in [1.54, 1.807) is 33.9 Å². The number of carbonyl (C=O) groups excluding carboxylic acids is 2. The Labute approximate surface area is 175 Å². The van der Waals surface area contributed by atoms with Crippen LogP contribution in [-0.2, 0) is 16.0 Å². The van der Waals surface area contributed by atoms with E-state index in [0.717, 1.165) is 12.8 Å². The predicted molar refractivity (Wildman–Crippen MR) is 112 cm³/mol. The van der Waals surface area contributed by atoms with Crippen LogP contribution in [0.3, 0.4) is 0 Å². The fourth-order valence-corrected chi connectivity index (χ4v) is 4.10. The van der Waals surface area contributed by atoms with Crippen LogP contribution in [0.4, 0.5) is 0 Å². The first-order chi connectivity index (χ1) is 14.6. The van der Waals surface area contributed by atoms with Crippen molar-refractivity contribution in [3.8, 4) is 0 Å². The number of ether oxygens (including phenoxy) is 1. The van der Waals surface area contributed by atoms with Crippen molar-refractivity contribution in [2.45, 2.75) is 32.6 Å². The molecule has 4 rings (SSSR count). The first-order valence-electron chi connectivity index (χ1n) is 10.4. The molecule has 30 heavy (non-hydrogen) atoms. The summed E-state index contributed by atoms with van der Waals surface area (Å²) in [5.41, 5.74) is 1.67. The fraction of sp³-hybridized carbons (Fsp3) is 0.391. The first kappa shape index (κ1) is 20.1. The van der Waals surface area contributed by atoms with Gasteiger partial charge >= 0.3 is 5.97 Å². The minimum Gasteiger partial charge on any atom is -0.466 e. The van der Waals surface area contributed by atoms with Gasteiger partial charge in [-0.2, -0.15) is 5.10 Å². The number of likely N-dealkylation sites (tertiary alicyclic amines) is 1. The van der Waals surface area contributed by atoms with Crippen molar-refractivity contribution in [3.63, 3.8) is 0 Å². The zero-order valence-electron chi connectivity index (χ0n) is 17.2. The SMILES string of the molecule is CCOC(=O)C1(CCc2ccccc2)CCN(C(=O)c2cc3ncccn3n2)CC1. The van der Waals surface area contributed by atoms with Crippen molar-refractivity contribution >= 4 is 17.5 Å². The Morgan fingerprint density at radius 1 is 1.13 bits per heavy atom. The number of hydrogen-bond acceptors (Lipinski definition) is 5. The minimum atomic E-state index is -0.552. The Balaban J connectivity index is 1.46. The highest BCUT2D eigenvalue weighted by molar-refractivity contribution is 5.93. The van der Waals surface area contributed by atoms with E-state index in [2.05, 4.69) is 22.2 Å². The maximum atomic E-state index is 13.0. The van der Waals surface area contributed by atoms with Crippen LogP contribution in [0.2, 0.25) is 0 Å². The average Bonchev–Trinajstić information content (AvgIpc) is 3.23. The smallest absolute Gasteiger partial charge is 0.312 e. The highest BCUT2D eigenvalue weighted by Crippen LogP contribution is 2.38. The molecule has 1 aliphatic rings. The predicted octanol–water partition coefficient (Wildman–Crippen LogP) is 3.15. The summed E-state index contributed by atoms with van der Waals surface area (Å²) < 4.78 is 7.02. The number of fused-ring (bicyclic) bond motifs is 1. The van der Waals surface area contributed by atoms with E-state index < -0.39 is 5.41 Å². The van der Waals surface area contributed by atoms with Crippen molar-refractivity contribution in [2.24, 2.45) is 5.41 Å². The average molecular weight is 406 g/mol. The summed E-state index contributed by atoms with van der Waals surface area (Å²) in [5, 5.41) is 4.34. The number of aryl methyl sites for hydroxylation is 1. The Hall–Kier alpha value is -3.22. The van der Waals surface area contributed by atoms with Crippen molar-refractivity contribution in [2.75, 3.05) is 19.7 Å². The van der Waals surface area contributed by atoms with Gasteiger partial charge in [-0.25, -0.2) is 9.50 Å². The molecule has 1 amide bonds. The zero-order chi connectivity index (χ0) is 21.0. The number of hydrogen-bond donors (Lipinski definition) is 0. The third-order valence-corrected chi connectivity index (χ3v) is 5.91. The van der Waals surface area contributed by atoms with Crippen LogP contribution in [0.15, 0.2) is 54.9 Å². The van der Waals surface area contributed by atoms with Gasteiger partial charge in [0, 0.05) is 31.5 Å². The largest absolute Gasteiger partial charge is 0.466 e. The summed E-state index contributed by atoms with van der Waals surface area (Å²) in [4.78, 5) is 31.8. The van der Waals surface area contributed by atoms with Gasteiger partial charge in [0.15, 0.2) is 11.3 Å². The lowest BCUT2D eigenvalue weighted by Crippen LogP contribution is -2.47. The lowest BCUT2D eigenvalue weighted by Gasteiger charge is -2.39. The Morgan fingerprint density at radius 2 is 1.90 bits per heavy atom. The number of amides is 1. The number of rotatable bonds is 6. The van der Waals surface area contributed by atoms with Gasteiger partial charge < -0.3 is 9.64 Å². The molecule has 1 saturated heterocycles. The summed E-state index contributed by atoms with van der Waals surface area (Å²) in [7, 11) is 0. The molecule has 0 unspecified atom stereocenters. The molecule has 1 aliphatic heterocycles. The van der Waals surface area contributed by atoms with E-state index in [0.29, 0.717) is 43.9 Å². The zero-order valence-corrected chi connectivity index (χ0v) is 17.2. The third kappa shape index (κ3) is 4.06. The van der Waals surface area contributed by atoms with Gasteiger partial charge in [0.25, 0.3) is 5.91 Å². The lowest BCUT2D eigenvalue weighted by molar-refractivity contribution is -0.158. The van der Waals surface area contributed by atoms with Gasteiger partial charge in [-0.3, -0.25) is 9.59 Å². The number of carbonyl (C=O) groups is 2. The lowest BCUT2D eigenvalue weighted by atomic mass is 9.74. The number of piperidine rings is 1. The summed E-state index contributed by atoms with van der Waals surface area (Å²) in [6.07, 6.45) is 6.16. The van der Waals surface area contributed by atoms with E-state index in [9.17, 15) is 9.59 Å². The molecule has 0 atom stereocenters. The van der Waals surface area contributed by atoms with E-state index in [1.807, 2.05) is 25.1 Å². The molecule has 0 spiro atoms. The highest BCUT2D eigenvalue weighted by Gasteiger charge is 2.43. The van der Waals surface area contributed by atoms with Gasteiger partial charge in [0.1, 0.15) is 0 Å². The molecule has 0 N–H and O–H groups in total. The minimum absolute atomic E-state index is 0.124. The van der Waals surface area contributed by atoms with Gasteiger partial charge in [-0.1, -0.05) is 30.3 Å². The Kier molecular flexibility index (Phi) is 5.79. The molecule has 0 aliphatic carbocycles. The van der Waals surface area contributed by atoms with Crippen molar-refractivity contribution < 1.29 is 14.3 Å². The van der Waals surface area contributed by atoms with E-state index in [-0.39, 0.29) is 11.9 Å². The number of esters is 1. The van der Waals surface area contributed by atoms with Crippen LogP contribution >= 0.6 is 0 Å². The second-order valence-corrected chi connectivity index (χ2v) is 7.73. The molecule has 1 fully saturated rings. The number of benzene rings is 1. The topological polar surface area (TPSA) is 76.8 Å². The van der Waals surface area contributed by atoms with Crippen molar-refractivity contribution in [1.82, 2.24) is 19.5 Å².